The normalized spacial score (nSPS) is 16.3. The second kappa shape index (κ2) is 4.80. The zero-order chi connectivity index (χ0) is 13.4. The number of rotatable bonds is 3. The van der Waals surface area contributed by atoms with Gasteiger partial charge in [0.1, 0.15) is 5.82 Å². The molecule has 0 aliphatic heterocycles. The predicted molar refractivity (Wildman–Crippen MR) is 76.4 cm³/mol. The van der Waals surface area contributed by atoms with Crippen LogP contribution in [0, 0.1) is 11.7 Å². The summed E-state index contributed by atoms with van der Waals surface area (Å²) in [6.07, 6.45) is 5.15. The molecule has 100 valence electrons. The first-order valence-corrected chi connectivity index (χ1v) is 6.97. The van der Waals surface area contributed by atoms with Crippen molar-refractivity contribution in [2.75, 3.05) is 0 Å². The first-order valence-electron chi connectivity index (χ1n) is 6.97. The Morgan fingerprint density at radius 2 is 2.16 bits per heavy atom. The quantitative estimate of drug-likeness (QED) is 0.798. The fourth-order valence-corrected chi connectivity index (χ4v) is 3.04. The third-order valence-corrected chi connectivity index (χ3v) is 4.02. The van der Waals surface area contributed by atoms with Crippen LogP contribution in [0.1, 0.15) is 38.3 Å². The van der Waals surface area contributed by atoms with Crippen molar-refractivity contribution in [3.8, 4) is 0 Å². The first kappa shape index (κ1) is 12.4. The van der Waals surface area contributed by atoms with Gasteiger partial charge in [-0.2, -0.15) is 5.10 Å². The summed E-state index contributed by atoms with van der Waals surface area (Å²) in [6, 6.07) is 4.90. The van der Waals surface area contributed by atoms with Gasteiger partial charge in [-0.05, 0) is 49.5 Å². The van der Waals surface area contributed by atoms with E-state index in [0.29, 0.717) is 5.92 Å². The van der Waals surface area contributed by atoms with E-state index >= 15 is 0 Å². The molecule has 1 saturated carbocycles. The Hall–Kier alpha value is -1.64. The van der Waals surface area contributed by atoms with E-state index in [4.69, 9.17) is 0 Å². The maximum absolute atomic E-state index is 13.5. The van der Waals surface area contributed by atoms with Gasteiger partial charge < -0.3 is 0 Å². The molecule has 0 unspecified atom stereocenters. The monoisotopic (exact) mass is 258 g/mol. The molecular formula is C16H19FN2. The van der Waals surface area contributed by atoms with E-state index in [2.05, 4.69) is 11.7 Å². The van der Waals surface area contributed by atoms with Gasteiger partial charge in [-0.3, -0.25) is 4.68 Å². The van der Waals surface area contributed by atoms with Gasteiger partial charge in [-0.25, -0.2) is 4.39 Å². The number of nitrogens with zero attached hydrogens (tertiary/aromatic N) is 2. The van der Waals surface area contributed by atoms with Crippen LogP contribution in [-0.4, -0.2) is 9.78 Å². The first-order chi connectivity index (χ1) is 9.15. The molecule has 1 fully saturated rings. The highest BCUT2D eigenvalue weighted by atomic mass is 19.1. The lowest BCUT2D eigenvalue weighted by atomic mass is 10.1. The molecule has 1 aliphatic carbocycles. The SMILES string of the molecule is C=C(C)c1nn(CC2CCCC2)c2cc(F)ccc12. The molecule has 0 saturated heterocycles. The van der Waals surface area contributed by atoms with Gasteiger partial charge in [0.15, 0.2) is 0 Å². The number of hydrogen-bond donors (Lipinski definition) is 0. The van der Waals surface area contributed by atoms with Crippen LogP contribution in [0.4, 0.5) is 4.39 Å². The van der Waals surface area contributed by atoms with Gasteiger partial charge in [0.25, 0.3) is 0 Å². The molecule has 0 spiro atoms. The van der Waals surface area contributed by atoms with Gasteiger partial charge in [0.2, 0.25) is 0 Å². The van der Waals surface area contributed by atoms with Gasteiger partial charge in [0.05, 0.1) is 11.2 Å². The fourth-order valence-electron chi connectivity index (χ4n) is 3.04. The lowest BCUT2D eigenvalue weighted by molar-refractivity contribution is 0.437. The van der Waals surface area contributed by atoms with Crippen molar-refractivity contribution in [1.82, 2.24) is 9.78 Å². The summed E-state index contributed by atoms with van der Waals surface area (Å²) in [5.41, 5.74) is 2.72. The van der Waals surface area contributed by atoms with E-state index in [-0.39, 0.29) is 5.82 Å². The molecule has 0 atom stereocenters. The fraction of sp³-hybridized carbons (Fsp3) is 0.438. The predicted octanol–water partition coefficient (Wildman–Crippen LogP) is 4.40. The summed E-state index contributed by atoms with van der Waals surface area (Å²) in [6.45, 7) is 6.82. The molecule has 0 bridgehead atoms. The third-order valence-electron chi connectivity index (χ3n) is 4.02. The Labute approximate surface area is 112 Å². The van der Waals surface area contributed by atoms with E-state index in [1.807, 2.05) is 17.7 Å². The molecule has 3 heteroatoms. The summed E-state index contributed by atoms with van der Waals surface area (Å²) in [5, 5.41) is 5.65. The Bertz CT molecular complexity index is 621. The zero-order valence-electron chi connectivity index (χ0n) is 11.3. The molecule has 1 aliphatic rings. The molecule has 1 heterocycles. The lowest BCUT2D eigenvalue weighted by Gasteiger charge is -2.09. The third kappa shape index (κ3) is 2.29. The Kier molecular flexibility index (Phi) is 3.13. The van der Waals surface area contributed by atoms with Crippen LogP contribution in [-0.2, 0) is 6.54 Å². The van der Waals surface area contributed by atoms with Crippen molar-refractivity contribution in [3.63, 3.8) is 0 Å². The van der Waals surface area contributed by atoms with Crippen molar-refractivity contribution >= 4 is 16.5 Å². The molecule has 3 rings (SSSR count). The molecule has 1 aromatic carbocycles. The van der Waals surface area contributed by atoms with E-state index in [0.717, 1.165) is 28.7 Å². The minimum Gasteiger partial charge on any atom is -0.264 e. The van der Waals surface area contributed by atoms with E-state index in [9.17, 15) is 4.39 Å². The molecule has 2 aromatic rings. The minimum absolute atomic E-state index is 0.201. The molecular weight excluding hydrogens is 239 g/mol. The summed E-state index contributed by atoms with van der Waals surface area (Å²) in [7, 11) is 0. The highest BCUT2D eigenvalue weighted by Crippen LogP contribution is 2.29. The number of allylic oxidation sites excluding steroid dienone is 1. The van der Waals surface area contributed by atoms with E-state index in [1.165, 1.54) is 31.7 Å². The van der Waals surface area contributed by atoms with Gasteiger partial charge in [-0.15, -0.1) is 0 Å². The highest BCUT2D eigenvalue weighted by molar-refractivity contribution is 5.89. The number of hydrogen-bond acceptors (Lipinski definition) is 1. The van der Waals surface area contributed by atoms with Crippen LogP contribution >= 0.6 is 0 Å². The summed E-state index contributed by atoms with van der Waals surface area (Å²) < 4.78 is 15.4. The average Bonchev–Trinajstić information content (AvgIpc) is 2.98. The number of aromatic nitrogens is 2. The van der Waals surface area contributed by atoms with Crippen molar-refractivity contribution in [2.24, 2.45) is 5.92 Å². The van der Waals surface area contributed by atoms with Crippen molar-refractivity contribution < 1.29 is 4.39 Å². The van der Waals surface area contributed by atoms with Crippen LogP contribution in [0.3, 0.4) is 0 Å². The van der Waals surface area contributed by atoms with Crippen molar-refractivity contribution in [3.05, 3.63) is 36.3 Å². The largest absolute Gasteiger partial charge is 0.264 e. The van der Waals surface area contributed by atoms with Gasteiger partial charge >= 0.3 is 0 Å². The molecule has 0 amide bonds. The number of benzene rings is 1. The van der Waals surface area contributed by atoms with Crippen molar-refractivity contribution in [2.45, 2.75) is 39.2 Å². The maximum atomic E-state index is 13.5. The van der Waals surface area contributed by atoms with Crippen LogP contribution in [0.25, 0.3) is 16.5 Å². The van der Waals surface area contributed by atoms with Gasteiger partial charge in [0, 0.05) is 11.9 Å². The summed E-state index contributed by atoms with van der Waals surface area (Å²) in [4.78, 5) is 0. The van der Waals surface area contributed by atoms with E-state index in [1.54, 1.807) is 6.07 Å². The minimum atomic E-state index is -0.201. The number of fused-ring (bicyclic) bond motifs is 1. The van der Waals surface area contributed by atoms with Crippen LogP contribution in [0.2, 0.25) is 0 Å². The molecule has 19 heavy (non-hydrogen) atoms. The van der Waals surface area contributed by atoms with Crippen LogP contribution < -0.4 is 0 Å². The van der Waals surface area contributed by atoms with Crippen LogP contribution in [0.15, 0.2) is 24.8 Å². The maximum Gasteiger partial charge on any atom is 0.125 e. The molecule has 0 N–H and O–H groups in total. The Morgan fingerprint density at radius 1 is 1.42 bits per heavy atom. The summed E-state index contributed by atoms with van der Waals surface area (Å²) in [5.74, 6) is 0.484. The average molecular weight is 258 g/mol. The lowest BCUT2D eigenvalue weighted by Crippen LogP contribution is -2.09. The molecule has 1 aromatic heterocycles. The highest BCUT2D eigenvalue weighted by Gasteiger charge is 2.19. The van der Waals surface area contributed by atoms with Gasteiger partial charge in [-0.1, -0.05) is 19.4 Å². The second-order valence-electron chi connectivity index (χ2n) is 5.62. The summed E-state index contributed by atoms with van der Waals surface area (Å²) >= 11 is 0. The van der Waals surface area contributed by atoms with Crippen LogP contribution in [0.5, 0.6) is 0 Å². The van der Waals surface area contributed by atoms with E-state index < -0.39 is 0 Å². The second-order valence-corrected chi connectivity index (χ2v) is 5.62. The number of halogens is 1. The topological polar surface area (TPSA) is 17.8 Å². The van der Waals surface area contributed by atoms with Crippen molar-refractivity contribution in [1.29, 1.82) is 0 Å². The Morgan fingerprint density at radius 3 is 2.84 bits per heavy atom. The molecule has 2 nitrogen and oxygen atoms in total. The standard InChI is InChI=1S/C16H19FN2/c1-11(2)16-14-8-7-13(17)9-15(14)19(18-16)10-12-5-3-4-6-12/h7-9,12H,1,3-6,10H2,2H3. The Balaban J connectivity index is 2.06. The zero-order valence-corrected chi connectivity index (χ0v) is 11.3. The smallest absolute Gasteiger partial charge is 0.125 e. The molecule has 0 radical (unpaired) electrons.